The van der Waals surface area contributed by atoms with Crippen LogP contribution in [0.25, 0.3) is 0 Å². The summed E-state index contributed by atoms with van der Waals surface area (Å²) in [5, 5.41) is 97.7. The molecule has 0 bridgehead atoms. The van der Waals surface area contributed by atoms with Crippen LogP contribution in [0.2, 0.25) is 0 Å². The molecule has 0 aromatic carbocycles. The molecule has 0 unspecified atom stereocenters. The molecule has 3 saturated heterocycles. The number of aliphatic hydroxyl groups excluding tert-OH is 8. The van der Waals surface area contributed by atoms with Gasteiger partial charge in [-0.25, -0.2) is 4.79 Å². The number of carboxylic acids is 1. The maximum absolute atomic E-state index is 12.4. The number of aliphatic hydroxyl groups is 8. The number of hydrogen-bond acceptors (Lipinski definition) is 19. The molecule has 0 aromatic heterocycles. The monoisotopic (exact) mass is 830 g/mol. The van der Waals surface area contributed by atoms with Crippen molar-refractivity contribution in [3.63, 3.8) is 0 Å². The largest absolute Gasteiger partial charge is 0.477 e. The highest BCUT2D eigenvalue weighted by Gasteiger charge is 2.56. The van der Waals surface area contributed by atoms with Crippen molar-refractivity contribution in [3.8, 4) is 0 Å². The molecular formula is C35H62N2O20. The van der Waals surface area contributed by atoms with Gasteiger partial charge in [-0.05, 0) is 19.8 Å². The van der Waals surface area contributed by atoms with E-state index in [0.717, 1.165) is 26.2 Å². The molecule has 3 heterocycles. The molecule has 22 nitrogen and oxygen atoms in total. The quantitative estimate of drug-likeness (QED) is 0.0345. The Morgan fingerprint density at radius 1 is 0.825 bits per heavy atom. The summed E-state index contributed by atoms with van der Waals surface area (Å²) in [5.41, 5.74) is 0. The Kier molecular flexibility index (Phi) is 20.3. The number of amides is 2. The van der Waals surface area contributed by atoms with E-state index < -0.39 is 142 Å². The minimum atomic E-state index is -2.54. The van der Waals surface area contributed by atoms with Gasteiger partial charge in [0.05, 0.1) is 44.7 Å². The van der Waals surface area contributed by atoms with Crippen LogP contribution in [0, 0.1) is 0 Å². The minimum absolute atomic E-state index is 0.00660. The Hall–Kier alpha value is -2.23. The van der Waals surface area contributed by atoms with Crippen LogP contribution in [-0.4, -0.2) is 201 Å². The van der Waals surface area contributed by atoms with Crippen LogP contribution >= 0.6 is 0 Å². The zero-order valence-electron chi connectivity index (χ0n) is 32.7. The third-order valence-electron chi connectivity index (χ3n) is 9.87. The van der Waals surface area contributed by atoms with E-state index in [1.165, 1.54) is 13.8 Å². The van der Waals surface area contributed by atoms with Gasteiger partial charge in [-0.2, -0.15) is 0 Å². The zero-order chi connectivity index (χ0) is 42.4. The molecule has 16 atom stereocenters. The second kappa shape index (κ2) is 23.5. The van der Waals surface area contributed by atoms with Crippen molar-refractivity contribution in [2.24, 2.45) is 0 Å². The van der Waals surface area contributed by atoms with Crippen LogP contribution in [0.5, 0.6) is 0 Å². The molecule has 3 fully saturated rings. The third kappa shape index (κ3) is 13.4. The summed E-state index contributed by atoms with van der Waals surface area (Å²) in [6.45, 7) is 3.59. The highest BCUT2D eigenvalue weighted by Crippen LogP contribution is 2.34. The topological polar surface area (TPSA) is 331 Å². The van der Waals surface area contributed by atoms with Gasteiger partial charge in [0.25, 0.3) is 5.79 Å². The first-order valence-corrected chi connectivity index (χ1v) is 19.2. The first-order chi connectivity index (χ1) is 27.0. The van der Waals surface area contributed by atoms with Gasteiger partial charge in [0, 0.05) is 26.9 Å². The molecule has 2 amide bonds. The number of carboxylic acid groups (broad SMARTS) is 1. The van der Waals surface area contributed by atoms with E-state index in [4.69, 9.17) is 37.9 Å². The van der Waals surface area contributed by atoms with Crippen molar-refractivity contribution in [2.45, 2.75) is 164 Å². The van der Waals surface area contributed by atoms with E-state index >= 15 is 0 Å². The van der Waals surface area contributed by atoms with Crippen LogP contribution in [0.1, 0.15) is 66.2 Å². The van der Waals surface area contributed by atoms with E-state index in [-0.39, 0.29) is 26.2 Å². The van der Waals surface area contributed by atoms with Gasteiger partial charge in [-0.1, -0.05) is 26.2 Å². The lowest BCUT2D eigenvalue weighted by molar-refractivity contribution is -0.348. The third-order valence-corrected chi connectivity index (χ3v) is 9.87. The maximum atomic E-state index is 12.4. The molecule has 0 aliphatic carbocycles. The number of nitrogens with one attached hydrogen (secondary N) is 2. The van der Waals surface area contributed by atoms with Crippen molar-refractivity contribution in [3.05, 3.63) is 0 Å². The average molecular weight is 831 g/mol. The Labute approximate surface area is 330 Å². The smallest absolute Gasteiger partial charge is 0.364 e. The number of rotatable bonds is 23. The number of hydrogen-bond donors (Lipinski definition) is 11. The number of carbonyl (C=O) groups is 3. The van der Waals surface area contributed by atoms with Crippen LogP contribution in [0.15, 0.2) is 0 Å². The van der Waals surface area contributed by atoms with Crippen molar-refractivity contribution in [1.29, 1.82) is 0 Å². The number of ether oxygens (including phenoxy) is 8. The lowest BCUT2D eigenvalue weighted by Crippen LogP contribution is -2.68. The van der Waals surface area contributed by atoms with Gasteiger partial charge < -0.3 is 94.5 Å². The lowest BCUT2D eigenvalue weighted by atomic mass is 9.88. The van der Waals surface area contributed by atoms with Gasteiger partial charge in [0.15, 0.2) is 12.6 Å². The number of aliphatic carboxylic acids is 1. The van der Waals surface area contributed by atoms with Gasteiger partial charge in [0.1, 0.15) is 67.8 Å². The Bertz CT molecular complexity index is 1240. The molecule has 332 valence electrons. The standard InChI is InChI=1S/C35H62N2O20/c1-5-6-7-8-11-51-32-24(37-19(4)41)31(56-33-28(47)27(46)25(44)17(2)54-33)29(22(15-39)55-32)52-16-50-10-9-12-53-35(34(48)49)13-20(42)23(36-18(3)40)30(57-35)26(45)21(43)14-38/h17,20-33,38-39,42-47H,5-16H2,1-4H3,(H,36,40)(H,37,41)(H,48,49)/t17-,20-,21+,22+,23+,24+,25+,26+,27+,28-,29+,30+,31+,32+,33-,35+/m0/s1. The molecule has 57 heavy (non-hydrogen) atoms. The average Bonchev–Trinajstić information content (AvgIpc) is 3.16. The molecule has 22 heteroatoms. The highest BCUT2D eigenvalue weighted by molar-refractivity contribution is 5.76. The fourth-order valence-corrected chi connectivity index (χ4v) is 6.81. The van der Waals surface area contributed by atoms with Gasteiger partial charge in [-0.15, -0.1) is 0 Å². The summed E-state index contributed by atoms with van der Waals surface area (Å²) < 4.78 is 46.6. The molecule has 11 N–H and O–H groups in total. The van der Waals surface area contributed by atoms with E-state index in [9.17, 15) is 60.3 Å². The summed E-state index contributed by atoms with van der Waals surface area (Å²) in [6, 6.07) is -2.46. The summed E-state index contributed by atoms with van der Waals surface area (Å²) in [5.74, 6) is -5.37. The zero-order valence-corrected chi connectivity index (χ0v) is 32.7. The predicted octanol–water partition coefficient (Wildman–Crippen LogP) is -4.07. The van der Waals surface area contributed by atoms with E-state index in [2.05, 4.69) is 17.6 Å². The fourth-order valence-electron chi connectivity index (χ4n) is 6.81. The van der Waals surface area contributed by atoms with Crippen LogP contribution in [-0.2, 0) is 52.3 Å². The minimum Gasteiger partial charge on any atom is -0.477 e. The van der Waals surface area contributed by atoms with Crippen LogP contribution < -0.4 is 10.6 Å². The molecule has 0 spiro atoms. The summed E-state index contributed by atoms with van der Waals surface area (Å²) in [6.07, 6.45) is -16.3. The Morgan fingerprint density at radius 2 is 1.51 bits per heavy atom. The SMILES string of the molecule is CCCCCCO[C@@H]1O[C@H](CO)[C@@H](OCOCCCO[C@]2(C(=O)O)C[C@H](O)[C@@H](NC(C)=O)[C@H]([C@H](O)[C@H](O)CO)O2)[C@H](O[C@@H]2O[C@@H](C)[C@@H](O)[C@@H](O)[C@@H]2O)[C@H]1NC(C)=O. The van der Waals surface area contributed by atoms with Crippen molar-refractivity contribution >= 4 is 17.8 Å². The van der Waals surface area contributed by atoms with Gasteiger partial charge >= 0.3 is 5.97 Å². The summed E-state index contributed by atoms with van der Waals surface area (Å²) in [4.78, 5) is 36.6. The molecule has 3 aliphatic heterocycles. The lowest BCUT2D eigenvalue weighted by Gasteiger charge is -2.48. The molecular weight excluding hydrogens is 768 g/mol. The first kappa shape index (κ1) is 49.1. The number of carbonyl (C=O) groups excluding carboxylic acids is 2. The summed E-state index contributed by atoms with van der Waals surface area (Å²) >= 11 is 0. The molecule has 0 aromatic rings. The van der Waals surface area contributed by atoms with Crippen molar-refractivity contribution in [1.82, 2.24) is 10.6 Å². The fraction of sp³-hybridized carbons (Fsp3) is 0.914. The molecule has 0 saturated carbocycles. The van der Waals surface area contributed by atoms with Crippen LogP contribution in [0.4, 0.5) is 0 Å². The predicted molar refractivity (Wildman–Crippen MR) is 190 cm³/mol. The van der Waals surface area contributed by atoms with E-state index in [1.54, 1.807) is 0 Å². The molecule has 0 radical (unpaired) electrons. The number of unbranched alkanes of at least 4 members (excludes halogenated alkanes) is 3. The Morgan fingerprint density at radius 3 is 2.12 bits per heavy atom. The summed E-state index contributed by atoms with van der Waals surface area (Å²) in [7, 11) is 0. The first-order valence-electron chi connectivity index (χ1n) is 19.2. The second-order valence-electron chi connectivity index (χ2n) is 14.4. The van der Waals surface area contributed by atoms with E-state index in [1.807, 2.05) is 0 Å². The van der Waals surface area contributed by atoms with Crippen molar-refractivity contribution < 1.29 is 98.2 Å². The maximum Gasteiger partial charge on any atom is 0.364 e. The van der Waals surface area contributed by atoms with E-state index in [0.29, 0.717) is 6.42 Å². The second-order valence-corrected chi connectivity index (χ2v) is 14.4. The normalized spacial score (nSPS) is 36.9. The molecule has 3 rings (SSSR count). The van der Waals surface area contributed by atoms with Crippen LogP contribution in [0.3, 0.4) is 0 Å². The van der Waals surface area contributed by atoms with Gasteiger partial charge in [0.2, 0.25) is 11.8 Å². The highest BCUT2D eigenvalue weighted by atomic mass is 16.8. The van der Waals surface area contributed by atoms with Gasteiger partial charge in [-0.3, -0.25) is 9.59 Å². The molecule has 3 aliphatic rings. The van der Waals surface area contributed by atoms with Crippen molar-refractivity contribution in [2.75, 3.05) is 39.8 Å². The Balaban J connectivity index is 1.71.